The highest BCUT2D eigenvalue weighted by Crippen LogP contribution is 2.16. The Bertz CT molecular complexity index is 705. The lowest BCUT2D eigenvalue weighted by atomic mass is 10.2. The van der Waals surface area contributed by atoms with E-state index in [1.165, 1.54) is 0 Å². The minimum atomic E-state index is -3.51. The van der Waals surface area contributed by atoms with Gasteiger partial charge in [0.2, 0.25) is 10.0 Å². The van der Waals surface area contributed by atoms with E-state index in [0.717, 1.165) is 16.8 Å². The SMILES string of the molecule is CCn1nccc1CNS(=O)(=O)c1cc(C)ccc1C. The summed E-state index contributed by atoms with van der Waals surface area (Å²) in [5, 5.41) is 4.12. The van der Waals surface area contributed by atoms with E-state index in [1.807, 2.05) is 32.0 Å². The zero-order valence-corrected chi connectivity index (χ0v) is 12.7. The van der Waals surface area contributed by atoms with E-state index in [4.69, 9.17) is 0 Å². The Kier molecular flexibility index (Phi) is 4.25. The Morgan fingerprint density at radius 3 is 2.70 bits per heavy atom. The first-order chi connectivity index (χ1) is 9.44. The van der Waals surface area contributed by atoms with E-state index < -0.39 is 10.0 Å². The highest BCUT2D eigenvalue weighted by molar-refractivity contribution is 7.89. The molecule has 0 aliphatic heterocycles. The van der Waals surface area contributed by atoms with Gasteiger partial charge in [-0.25, -0.2) is 13.1 Å². The third-order valence-corrected chi connectivity index (χ3v) is 4.72. The number of aryl methyl sites for hydroxylation is 3. The summed E-state index contributed by atoms with van der Waals surface area (Å²) >= 11 is 0. The second-order valence-electron chi connectivity index (χ2n) is 4.73. The van der Waals surface area contributed by atoms with Crippen LogP contribution in [0.5, 0.6) is 0 Å². The first-order valence-corrected chi connectivity index (χ1v) is 8.00. The molecule has 0 spiro atoms. The monoisotopic (exact) mass is 293 g/mol. The van der Waals surface area contributed by atoms with Crippen LogP contribution in [0.15, 0.2) is 35.4 Å². The van der Waals surface area contributed by atoms with Crippen LogP contribution in [0, 0.1) is 13.8 Å². The second kappa shape index (κ2) is 5.76. The van der Waals surface area contributed by atoms with E-state index in [2.05, 4.69) is 9.82 Å². The standard InChI is InChI=1S/C14H19N3O2S/c1-4-17-13(7-8-15-17)10-16-20(18,19)14-9-11(2)5-6-12(14)3/h5-9,16H,4,10H2,1-3H3. The van der Waals surface area contributed by atoms with Crippen LogP contribution < -0.4 is 4.72 Å². The zero-order chi connectivity index (χ0) is 14.8. The first kappa shape index (κ1) is 14.7. The first-order valence-electron chi connectivity index (χ1n) is 6.51. The number of rotatable bonds is 5. The van der Waals surface area contributed by atoms with Crippen LogP contribution in [-0.2, 0) is 23.1 Å². The molecule has 0 fully saturated rings. The number of nitrogens with zero attached hydrogens (tertiary/aromatic N) is 2. The lowest BCUT2D eigenvalue weighted by molar-refractivity contribution is 0.570. The number of hydrogen-bond donors (Lipinski definition) is 1. The zero-order valence-electron chi connectivity index (χ0n) is 11.9. The molecule has 0 bridgehead atoms. The van der Waals surface area contributed by atoms with Crippen molar-refractivity contribution >= 4 is 10.0 Å². The quantitative estimate of drug-likeness (QED) is 0.917. The van der Waals surface area contributed by atoms with Gasteiger partial charge in [-0.15, -0.1) is 0 Å². The van der Waals surface area contributed by atoms with Gasteiger partial charge >= 0.3 is 0 Å². The van der Waals surface area contributed by atoms with Crippen molar-refractivity contribution in [2.24, 2.45) is 0 Å². The van der Waals surface area contributed by atoms with Crippen LogP contribution in [0.1, 0.15) is 23.7 Å². The molecule has 0 aliphatic rings. The van der Waals surface area contributed by atoms with Crippen molar-refractivity contribution in [3.8, 4) is 0 Å². The Balaban J connectivity index is 2.21. The van der Waals surface area contributed by atoms with Crippen LogP contribution in [0.2, 0.25) is 0 Å². The van der Waals surface area contributed by atoms with Crippen LogP contribution in [0.25, 0.3) is 0 Å². The Hall–Kier alpha value is -1.66. The fourth-order valence-electron chi connectivity index (χ4n) is 2.04. The molecule has 1 aromatic carbocycles. The van der Waals surface area contributed by atoms with Gasteiger partial charge in [-0.2, -0.15) is 5.10 Å². The van der Waals surface area contributed by atoms with E-state index in [-0.39, 0.29) is 6.54 Å². The molecule has 20 heavy (non-hydrogen) atoms. The maximum absolute atomic E-state index is 12.4. The summed E-state index contributed by atoms with van der Waals surface area (Å²) in [6.07, 6.45) is 1.67. The van der Waals surface area contributed by atoms with Crippen LogP contribution in [-0.4, -0.2) is 18.2 Å². The summed E-state index contributed by atoms with van der Waals surface area (Å²) < 4.78 is 29.1. The smallest absolute Gasteiger partial charge is 0.241 e. The van der Waals surface area contributed by atoms with Crippen LogP contribution >= 0.6 is 0 Å². The molecule has 2 rings (SSSR count). The van der Waals surface area contributed by atoms with Crippen LogP contribution in [0.3, 0.4) is 0 Å². The van der Waals surface area contributed by atoms with E-state index in [9.17, 15) is 8.42 Å². The van der Waals surface area contributed by atoms with Crippen molar-refractivity contribution in [1.82, 2.24) is 14.5 Å². The molecule has 108 valence electrons. The normalized spacial score (nSPS) is 11.8. The number of sulfonamides is 1. The van der Waals surface area contributed by atoms with Crippen molar-refractivity contribution in [1.29, 1.82) is 0 Å². The summed E-state index contributed by atoms with van der Waals surface area (Å²) in [5.74, 6) is 0. The molecule has 0 atom stereocenters. The molecule has 0 saturated carbocycles. The molecular formula is C14H19N3O2S. The van der Waals surface area contributed by atoms with Gasteiger partial charge in [-0.1, -0.05) is 12.1 Å². The minimum Gasteiger partial charge on any atom is -0.269 e. The molecule has 1 N–H and O–H groups in total. The molecule has 6 heteroatoms. The predicted octanol–water partition coefficient (Wildman–Crippen LogP) is 2.00. The summed E-state index contributed by atoms with van der Waals surface area (Å²) in [6.45, 7) is 6.60. The highest BCUT2D eigenvalue weighted by Gasteiger charge is 2.17. The lowest BCUT2D eigenvalue weighted by Crippen LogP contribution is -2.25. The van der Waals surface area contributed by atoms with Crippen molar-refractivity contribution < 1.29 is 8.42 Å². The summed E-state index contributed by atoms with van der Waals surface area (Å²) in [6, 6.07) is 7.23. The Labute approximate surface area is 119 Å². The topological polar surface area (TPSA) is 64.0 Å². The molecule has 0 radical (unpaired) electrons. The summed E-state index contributed by atoms with van der Waals surface area (Å²) in [7, 11) is -3.51. The van der Waals surface area contributed by atoms with Crippen molar-refractivity contribution in [2.75, 3.05) is 0 Å². The van der Waals surface area contributed by atoms with E-state index in [1.54, 1.807) is 23.9 Å². The molecule has 0 unspecified atom stereocenters. The number of nitrogens with one attached hydrogen (secondary N) is 1. The molecule has 0 aliphatic carbocycles. The van der Waals surface area contributed by atoms with Crippen molar-refractivity contribution in [3.05, 3.63) is 47.3 Å². The van der Waals surface area contributed by atoms with Gasteiger partial charge < -0.3 is 0 Å². The van der Waals surface area contributed by atoms with Gasteiger partial charge in [0.25, 0.3) is 0 Å². The minimum absolute atomic E-state index is 0.240. The molecule has 1 heterocycles. The Morgan fingerprint density at radius 2 is 2.00 bits per heavy atom. The molecule has 0 amide bonds. The van der Waals surface area contributed by atoms with Crippen molar-refractivity contribution in [2.45, 2.75) is 38.8 Å². The third kappa shape index (κ3) is 3.08. The largest absolute Gasteiger partial charge is 0.269 e. The fourth-order valence-corrected chi connectivity index (χ4v) is 3.36. The number of hydrogen-bond acceptors (Lipinski definition) is 3. The average molecular weight is 293 g/mol. The van der Waals surface area contributed by atoms with Crippen molar-refractivity contribution in [3.63, 3.8) is 0 Å². The number of benzene rings is 1. The molecule has 2 aromatic rings. The van der Waals surface area contributed by atoms with Gasteiger partial charge in [0.1, 0.15) is 0 Å². The van der Waals surface area contributed by atoms with E-state index >= 15 is 0 Å². The fraction of sp³-hybridized carbons (Fsp3) is 0.357. The maximum atomic E-state index is 12.4. The van der Waals surface area contributed by atoms with Gasteiger partial charge in [0, 0.05) is 12.7 Å². The summed E-state index contributed by atoms with van der Waals surface area (Å²) in [5.41, 5.74) is 2.52. The second-order valence-corrected chi connectivity index (χ2v) is 6.47. The van der Waals surface area contributed by atoms with Gasteiger partial charge in [-0.3, -0.25) is 4.68 Å². The molecule has 5 nitrogen and oxygen atoms in total. The third-order valence-electron chi connectivity index (χ3n) is 3.18. The van der Waals surface area contributed by atoms with Gasteiger partial charge in [0.15, 0.2) is 0 Å². The summed E-state index contributed by atoms with van der Waals surface area (Å²) in [4.78, 5) is 0.333. The van der Waals surface area contributed by atoms with Gasteiger partial charge in [-0.05, 0) is 44.0 Å². The van der Waals surface area contributed by atoms with Gasteiger partial charge in [0.05, 0.1) is 17.1 Å². The van der Waals surface area contributed by atoms with Crippen LogP contribution in [0.4, 0.5) is 0 Å². The predicted molar refractivity (Wildman–Crippen MR) is 77.8 cm³/mol. The van der Waals surface area contributed by atoms with E-state index in [0.29, 0.717) is 11.4 Å². The molecular weight excluding hydrogens is 274 g/mol. The molecule has 1 aromatic heterocycles. The maximum Gasteiger partial charge on any atom is 0.241 e. The number of aromatic nitrogens is 2. The molecule has 0 saturated heterocycles. The average Bonchev–Trinajstić information content (AvgIpc) is 2.86. The Morgan fingerprint density at radius 1 is 1.25 bits per heavy atom. The highest BCUT2D eigenvalue weighted by atomic mass is 32.2. The lowest BCUT2D eigenvalue weighted by Gasteiger charge is -2.11.